The van der Waals surface area contributed by atoms with E-state index in [0.29, 0.717) is 23.7 Å². The lowest BCUT2D eigenvalue weighted by molar-refractivity contribution is 0.0985. The van der Waals surface area contributed by atoms with E-state index in [-0.39, 0.29) is 17.9 Å². The van der Waals surface area contributed by atoms with E-state index in [0.717, 1.165) is 11.9 Å². The Kier molecular flexibility index (Phi) is 4.49. The van der Waals surface area contributed by atoms with E-state index >= 15 is 0 Å². The van der Waals surface area contributed by atoms with E-state index in [1.54, 1.807) is 4.68 Å². The molecule has 6 heteroatoms. The van der Waals surface area contributed by atoms with Crippen molar-refractivity contribution in [3.63, 3.8) is 0 Å². The molecule has 0 aliphatic carbocycles. The fourth-order valence-corrected chi connectivity index (χ4v) is 2.31. The van der Waals surface area contributed by atoms with E-state index in [4.69, 9.17) is 11.6 Å². The fraction of sp³-hybridized carbons (Fsp3) is 0.357. The van der Waals surface area contributed by atoms with Crippen molar-refractivity contribution < 1.29 is 9.18 Å². The number of carbonyl (C=O) groups excluding carboxylic acids is 1. The Morgan fingerprint density at radius 1 is 1.40 bits per heavy atom. The van der Waals surface area contributed by atoms with Crippen molar-refractivity contribution in [2.45, 2.75) is 33.2 Å². The van der Waals surface area contributed by atoms with Gasteiger partial charge in [-0.05, 0) is 25.5 Å². The van der Waals surface area contributed by atoms with Gasteiger partial charge in [0.25, 0.3) is 0 Å². The molecule has 0 atom stereocenters. The predicted molar refractivity (Wildman–Crippen MR) is 74.5 cm³/mol. The molecule has 20 heavy (non-hydrogen) atoms. The predicted octanol–water partition coefficient (Wildman–Crippen LogP) is 3.08. The normalized spacial score (nSPS) is 10.8. The zero-order chi connectivity index (χ0) is 14.7. The van der Waals surface area contributed by atoms with Crippen LogP contribution in [-0.2, 0) is 19.4 Å². The first kappa shape index (κ1) is 14.7. The summed E-state index contributed by atoms with van der Waals surface area (Å²) >= 11 is 6.25. The van der Waals surface area contributed by atoms with E-state index in [1.165, 1.54) is 12.1 Å². The fourth-order valence-electron chi connectivity index (χ4n) is 1.97. The van der Waals surface area contributed by atoms with Gasteiger partial charge in [0.1, 0.15) is 11.5 Å². The van der Waals surface area contributed by atoms with Gasteiger partial charge in [-0.25, -0.2) is 4.39 Å². The molecule has 4 nitrogen and oxygen atoms in total. The number of carbonyl (C=O) groups is 1. The summed E-state index contributed by atoms with van der Waals surface area (Å²) in [6.45, 7) is 4.54. The maximum absolute atomic E-state index is 12.8. The minimum atomic E-state index is -0.466. The van der Waals surface area contributed by atoms with Gasteiger partial charge in [-0.2, -0.15) is 5.10 Å². The van der Waals surface area contributed by atoms with E-state index < -0.39 is 5.82 Å². The molecule has 0 N–H and O–H groups in total. The van der Waals surface area contributed by atoms with Crippen LogP contribution < -0.4 is 0 Å². The first-order chi connectivity index (χ1) is 9.56. The summed E-state index contributed by atoms with van der Waals surface area (Å²) in [5.74, 6) is -0.671. The second kappa shape index (κ2) is 6.13. The summed E-state index contributed by atoms with van der Waals surface area (Å²) in [7, 11) is 0. The smallest absolute Gasteiger partial charge is 0.187 e. The van der Waals surface area contributed by atoms with Gasteiger partial charge in [-0.15, -0.1) is 0 Å². The molecule has 2 heterocycles. The first-order valence-corrected chi connectivity index (χ1v) is 6.83. The molecule has 0 radical (unpaired) electrons. The summed E-state index contributed by atoms with van der Waals surface area (Å²) in [5, 5.41) is 4.89. The third-order valence-corrected chi connectivity index (χ3v) is 3.47. The van der Waals surface area contributed by atoms with Crippen molar-refractivity contribution in [3.8, 4) is 0 Å². The van der Waals surface area contributed by atoms with Gasteiger partial charge in [0.2, 0.25) is 0 Å². The monoisotopic (exact) mass is 295 g/mol. The van der Waals surface area contributed by atoms with Gasteiger partial charge in [-0.3, -0.25) is 14.5 Å². The summed E-state index contributed by atoms with van der Waals surface area (Å²) < 4.78 is 14.5. The quantitative estimate of drug-likeness (QED) is 0.797. The lowest BCUT2D eigenvalue weighted by atomic mass is 10.1. The Hall–Kier alpha value is -1.75. The Bertz CT molecular complexity index is 622. The second-order valence-electron chi connectivity index (χ2n) is 4.34. The van der Waals surface area contributed by atoms with Crippen molar-refractivity contribution in [1.29, 1.82) is 0 Å². The van der Waals surface area contributed by atoms with Crippen LogP contribution in [0.2, 0.25) is 5.02 Å². The van der Waals surface area contributed by atoms with Crippen molar-refractivity contribution in [2.24, 2.45) is 0 Å². The number of hydrogen-bond acceptors (Lipinski definition) is 3. The first-order valence-electron chi connectivity index (χ1n) is 6.45. The van der Waals surface area contributed by atoms with Crippen molar-refractivity contribution in [2.75, 3.05) is 0 Å². The molecule has 2 aromatic rings. The number of pyridine rings is 1. The molecular weight excluding hydrogens is 281 g/mol. The van der Waals surface area contributed by atoms with Gasteiger partial charge in [0.05, 0.1) is 29.0 Å². The van der Waals surface area contributed by atoms with Gasteiger partial charge < -0.3 is 0 Å². The zero-order valence-corrected chi connectivity index (χ0v) is 12.1. The number of aromatic nitrogens is 3. The Morgan fingerprint density at radius 3 is 2.70 bits per heavy atom. The van der Waals surface area contributed by atoms with Crippen LogP contribution in [0.5, 0.6) is 0 Å². The number of ketones is 1. The van der Waals surface area contributed by atoms with Gasteiger partial charge in [0.15, 0.2) is 5.78 Å². The molecule has 0 aliphatic heterocycles. The SMILES string of the molecule is CCc1nn(CC)c(CC(=O)c2ccc(F)cn2)c1Cl. The third kappa shape index (κ3) is 2.88. The maximum atomic E-state index is 12.8. The molecule has 0 unspecified atom stereocenters. The topological polar surface area (TPSA) is 47.8 Å². The molecule has 2 rings (SSSR count). The molecule has 0 saturated carbocycles. The Balaban J connectivity index is 2.27. The van der Waals surface area contributed by atoms with Crippen molar-refractivity contribution in [3.05, 3.63) is 46.3 Å². The number of rotatable bonds is 5. The van der Waals surface area contributed by atoms with Crippen LogP contribution in [0.15, 0.2) is 18.3 Å². The molecule has 0 amide bonds. The Morgan fingerprint density at radius 2 is 2.15 bits per heavy atom. The minimum absolute atomic E-state index is 0.109. The van der Waals surface area contributed by atoms with E-state index in [1.807, 2.05) is 13.8 Å². The van der Waals surface area contributed by atoms with Crippen LogP contribution >= 0.6 is 11.6 Å². The highest BCUT2D eigenvalue weighted by Crippen LogP contribution is 2.23. The standard InChI is InChI=1S/C14H15ClFN3O/c1-3-10-14(15)12(19(4-2)18-10)7-13(20)11-6-5-9(16)8-17-11/h5-6,8H,3-4,7H2,1-2H3. The molecule has 0 saturated heterocycles. The second-order valence-corrected chi connectivity index (χ2v) is 4.72. The largest absolute Gasteiger partial charge is 0.292 e. The van der Waals surface area contributed by atoms with Crippen LogP contribution in [-0.4, -0.2) is 20.5 Å². The highest BCUT2D eigenvalue weighted by molar-refractivity contribution is 6.32. The average molecular weight is 296 g/mol. The third-order valence-electron chi connectivity index (χ3n) is 3.04. The number of nitrogens with zero attached hydrogens (tertiary/aromatic N) is 3. The van der Waals surface area contributed by atoms with E-state index in [2.05, 4.69) is 10.1 Å². The van der Waals surface area contributed by atoms with Crippen LogP contribution in [0.25, 0.3) is 0 Å². The highest BCUT2D eigenvalue weighted by atomic mass is 35.5. The minimum Gasteiger partial charge on any atom is -0.292 e. The lowest BCUT2D eigenvalue weighted by Gasteiger charge is -2.04. The summed E-state index contributed by atoms with van der Waals surface area (Å²) in [5.41, 5.74) is 1.69. The molecule has 0 spiro atoms. The molecule has 0 fully saturated rings. The molecule has 2 aromatic heterocycles. The number of Topliss-reactive ketones (excluding diaryl/α,β-unsaturated/α-hetero) is 1. The highest BCUT2D eigenvalue weighted by Gasteiger charge is 2.18. The van der Waals surface area contributed by atoms with Crippen LogP contribution in [0.3, 0.4) is 0 Å². The number of aryl methyl sites for hydroxylation is 2. The summed E-state index contributed by atoms with van der Waals surface area (Å²) in [4.78, 5) is 15.9. The molecule has 106 valence electrons. The van der Waals surface area contributed by atoms with Crippen LogP contribution in [0.4, 0.5) is 4.39 Å². The van der Waals surface area contributed by atoms with Gasteiger partial charge in [0, 0.05) is 6.54 Å². The number of halogens is 2. The van der Waals surface area contributed by atoms with Crippen molar-refractivity contribution >= 4 is 17.4 Å². The van der Waals surface area contributed by atoms with Crippen LogP contribution in [0.1, 0.15) is 35.7 Å². The molecule has 0 aromatic carbocycles. The van der Waals surface area contributed by atoms with Crippen LogP contribution in [0, 0.1) is 5.82 Å². The summed E-state index contributed by atoms with van der Waals surface area (Å²) in [6.07, 6.45) is 1.85. The molecule has 0 aliphatic rings. The molecule has 0 bridgehead atoms. The summed E-state index contributed by atoms with van der Waals surface area (Å²) in [6, 6.07) is 2.59. The maximum Gasteiger partial charge on any atom is 0.187 e. The lowest BCUT2D eigenvalue weighted by Crippen LogP contribution is -2.11. The van der Waals surface area contributed by atoms with Gasteiger partial charge >= 0.3 is 0 Å². The van der Waals surface area contributed by atoms with Crippen molar-refractivity contribution in [1.82, 2.24) is 14.8 Å². The molecular formula is C14H15ClFN3O. The van der Waals surface area contributed by atoms with Gasteiger partial charge in [-0.1, -0.05) is 18.5 Å². The zero-order valence-electron chi connectivity index (χ0n) is 11.4. The average Bonchev–Trinajstić information content (AvgIpc) is 2.76. The number of hydrogen-bond donors (Lipinski definition) is 0. The Labute approximate surface area is 121 Å². The van der Waals surface area contributed by atoms with E-state index in [9.17, 15) is 9.18 Å².